The van der Waals surface area contributed by atoms with Crippen LogP contribution in [0.2, 0.25) is 0 Å². The van der Waals surface area contributed by atoms with E-state index in [-0.39, 0.29) is 0 Å². The van der Waals surface area contributed by atoms with Crippen LogP contribution in [0.25, 0.3) is 71.3 Å². The third kappa shape index (κ3) is 4.77. The molecule has 0 radical (unpaired) electrons. The molecule has 10 rings (SSSR count). The molecule has 1 aliphatic carbocycles. The highest BCUT2D eigenvalue weighted by Crippen LogP contribution is 2.50. The minimum absolute atomic E-state index is 0.432. The molecule has 2 atom stereocenters. The number of fused-ring (bicyclic) bond motifs is 6. The normalized spacial score (nSPS) is 16.5. The molecule has 1 heterocycles. The Morgan fingerprint density at radius 2 is 0.980 bits per heavy atom. The van der Waals surface area contributed by atoms with E-state index < -0.39 is 0 Å². The lowest BCUT2D eigenvalue weighted by Gasteiger charge is -2.20. The zero-order chi connectivity index (χ0) is 32.3. The second kappa shape index (κ2) is 11.5. The summed E-state index contributed by atoms with van der Waals surface area (Å²) in [5, 5.41) is 8.12. The molecule has 0 spiro atoms. The van der Waals surface area contributed by atoms with Gasteiger partial charge in [-0.25, -0.2) is 0 Å². The summed E-state index contributed by atoms with van der Waals surface area (Å²) < 4.78 is 0. The predicted molar refractivity (Wildman–Crippen MR) is 211 cm³/mol. The first kappa shape index (κ1) is 28.4. The summed E-state index contributed by atoms with van der Waals surface area (Å²) >= 11 is 1.99. The van der Waals surface area contributed by atoms with Gasteiger partial charge in [0.15, 0.2) is 0 Å². The highest BCUT2D eigenvalue weighted by molar-refractivity contribution is 8.00. The predicted octanol–water partition coefficient (Wildman–Crippen LogP) is 13.4. The van der Waals surface area contributed by atoms with Gasteiger partial charge < -0.3 is 0 Å². The maximum absolute atomic E-state index is 2.48. The Morgan fingerprint density at radius 3 is 1.73 bits per heavy atom. The third-order valence-corrected chi connectivity index (χ3v) is 11.7. The Balaban J connectivity index is 1.09. The second-order valence-electron chi connectivity index (χ2n) is 13.2. The maximum atomic E-state index is 2.48. The van der Waals surface area contributed by atoms with Crippen molar-refractivity contribution in [3.63, 3.8) is 0 Å². The van der Waals surface area contributed by atoms with Gasteiger partial charge in [-0.05, 0) is 101 Å². The SMILES string of the molecule is C1=CC2Sc3ccccc3C2C=C1c1ccc(-c2c3ccccc3c(-c3cccc(-c4ccc5ccccc5c4)c3)c3ccccc23)cc1. The number of thioether (sulfide) groups is 1. The van der Waals surface area contributed by atoms with E-state index in [0.29, 0.717) is 11.2 Å². The van der Waals surface area contributed by atoms with E-state index in [2.05, 4.69) is 182 Å². The van der Waals surface area contributed by atoms with E-state index >= 15 is 0 Å². The highest BCUT2D eigenvalue weighted by Gasteiger charge is 2.32. The van der Waals surface area contributed by atoms with Gasteiger partial charge in [-0.1, -0.05) is 164 Å². The minimum Gasteiger partial charge on any atom is -0.117 e. The molecule has 1 aliphatic heterocycles. The van der Waals surface area contributed by atoms with Gasteiger partial charge in [0.1, 0.15) is 0 Å². The first-order valence-electron chi connectivity index (χ1n) is 17.1. The maximum Gasteiger partial charge on any atom is 0.0381 e. The van der Waals surface area contributed by atoms with Crippen molar-refractivity contribution >= 4 is 49.7 Å². The second-order valence-corrected chi connectivity index (χ2v) is 14.4. The molecule has 230 valence electrons. The van der Waals surface area contributed by atoms with Crippen molar-refractivity contribution in [2.45, 2.75) is 16.1 Å². The number of hydrogen-bond acceptors (Lipinski definition) is 1. The van der Waals surface area contributed by atoms with Crippen molar-refractivity contribution in [2.24, 2.45) is 0 Å². The molecule has 0 saturated heterocycles. The Hall–Kier alpha value is -5.63. The van der Waals surface area contributed by atoms with Crippen LogP contribution >= 0.6 is 11.8 Å². The van der Waals surface area contributed by atoms with Gasteiger partial charge in [0, 0.05) is 16.1 Å². The summed E-state index contributed by atoms with van der Waals surface area (Å²) in [4.78, 5) is 1.41. The molecule has 0 bridgehead atoms. The Kier molecular flexibility index (Phi) is 6.67. The van der Waals surface area contributed by atoms with Crippen LogP contribution in [0, 0.1) is 0 Å². The molecule has 0 amide bonds. The van der Waals surface area contributed by atoms with Crippen LogP contribution in [-0.4, -0.2) is 5.25 Å². The number of hydrogen-bond donors (Lipinski definition) is 0. The summed E-state index contributed by atoms with van der Waals surface area (Å²) in [5.74, 6) is 0.432. The van der Waals surface area contributed by atoms with Crippen molar-refractivity contribution in [3.8, 4) is 33.4 Å². The van der Waals surface area contributed by atoms with Gasteiger partial charge in [-0.3, -0.25) is 0 Å². The summed E-state index contributed by atoms with van der Waals surface area (Å²) in [7, 11) is 0. The fraction of sp³-hybridized carbons (Fsp3) is 0.0417. The van der Waals surface area contributed by atoms with Crippen LogP contribution in [0.1, 0.15) is 17.0 Å². The standard InChI is InChI=1S/C48H32S/c1-2-11-34-28-36(25-22-31(34)10-1)35-12-9-13-38(29-35)48-42-17-5-3-15-40(42)47(41-16-4-6-18-43(41)48)33-23-20-32(21-24-33)37-26-27-46-44(30-37)39-14-7-8-19-45(39)49-46/h1-30,44,46H. The number of allylic oxidation sites excluding steroid dienone is 3. The van der Waals surface area contributed by atoms with E-state index in [1.807, 2.05) is 11.8 Å². The Labute approximate surface area is 291 Å². The lowest BCUT2D eigenvalue weighted by atomic mass is 9.84. The molecule has 0 aromatic heterocycles. The molecule has 0 N–H and O–H groups in total. The largest absolute Gasteiger partial charge is 0.117 e. The van der Waals surface area contributed by atoms with Crippen molar-refractivity contribution in [1.29, 1.82) is 0 Å². The first-order chi connectivity index (χ1) is 24.3. The van der Waals surface area contributed by atoms with Gasteiger partial charge in [-0.2, -0.15) is 0 Å². The van der Waals surface area contributed by atoms with Crippen LogP contribution in [-0.2, 0) is 0 Å². The fourth-order valence-corrected chi connectivity index (χ4v) is 9.37. The van der Waals surface area contributed by atoms with Gasteiger partial charge in [-0.15, -0.1) is 11.8 Å². The minimum atomic E-state index is 0.432. The monoisotopic (exact) mass is 640 g/mol. The van der Waals surface area contributed by atoms with Crippen LogP contribution in [0.5, 0.6) is 0 Å². The molecule has 0 nitrogen and oxygen atoms in total. The van der Waals surface area contributed by atoms with Crippen LogP contribution in [0.3, 0.4) is 0 Å². The van der Waals surface area contributed by atoms with E-state index in [1.54, 1.807) is 0 Å². The van der Waals surface area contributed by atoms with Crippen LogP contribution < -0.4 is 0 Å². The van der Waals surface area contributed by atoms with E-state index in [4.69, 9.17) is 0 Å². The average Bonchev–Trinajstić information content (AvgIpc) is 3.55. The van der Waals surface area contributed by atoms with Crippen molar-refractivity contribution in [3.05, 3.63) is 193 Å². The quantitative estimate of drug-likeness (QED) is 0.173. The summed E-state index contributed by atoms with van der Waals surface area (Å²) in [5.41, 5.74) is 11.6. The van der Waals surface area contributed by atoms with E-state index in [1.165, 1.54) is 87.3 Å². The fourth-order valence-electron chi connectivity index (χ4n) is 8.05. The zero-order valence-electron chi connectivity index (χ0n) is 26.9. The average molecular weight is 641 g/mol. The van der Waals surface area contributed by atoms with Gasteiger partial charge in [0.25, 0.3) is 0 Å². The molecule has 0 saturated carbocycles. The summed E-state index contributed by atoms with van der Waals surface area (Å²) in [6, 6.07) is 60.5. The molecular formula is C48H32S. The van der Waals surface area contributed by atoms with Crippen molar-refractivity contribution in [1.82, 2.24) is 0 Å². The Morgan fingerprint density at radius 1 is 0.408 bits per heavy atom. The first-order valence-corrected chi connectivity index (χ1v) is 18.0. The zero-order valence-corrected chi connectivity index (χ0v) is 27.7. The number of rotatable bonds is 4. The van der Waals surface area contributed by atoms with Crippen LogP contribution in [0.15, 0.2) is 187 Å². The molecule has 2 aliphatic rings. The van der Waals surface area contributed by atoms with Gasteiger partial charge in [0.2, 0.25) is 0 Å². The third-order valence-electron chi connectivity index (χ3n) is 10.4. The molecule has 1 heteroatoms. The van der Waals surface area contributed by atoms with Crippen LogP contribution in [0.4, 0.5) is 0 Å². The summed E-state index contributed by atoms with van der Waals surface area (Å²) in [6.45, 7) is 0. The van der Waals surface area contributed by atoms with E-state index in [0.717, 1.165) is 0 Å². The van der Waals surface area contributed by atoms with Gasteiger partial charge in [0.05, 0.1) is 0 Å². The molecule has 0 fully saturated rings. The highest BCUT2D eigenvalue weighted by atomic mass is 32.2. The van der Waals surface area contributed by atoms with Crippen molar-refractivity contribution < 1.29 is 0 Å². The molecular weight excluding hydrogens is 609 g/mol. The van der Waals surface area contributed by atoms with E-state index in [9.17, 15) is 0 Å². The molecule has 2 unspecified atom stereocenters. The topological polar surface area (TPSA) is 0 Å². The lowest BCUT2D eigenvalue weighted by Crippen LogP contribution is -2.08. The molecule has 8 aromatic carbocycles. The smallest absolute Gasteiger partial charge is 0.0381 e. The molecule has 8 aromatic rings. The van der Waals surface area contributed by atoms with Crippen molar-refractivity contribution in [2.75, 3.05) is 0 Å². The molecule has 49 heavy (non-hydrogen) atoms. The Bertz CT molecular complexity index is 2580. The lowest BCUT2D eigenvalue weighted by molar-refractivity contribution is 0.884. The summed E-state index contributed by atoms with van der Waals surface area (Å²) in [6.07, 6.45) is 7.19. The van der Waals surface area contributed by atoms with Gasteiger partial charge >= 0.3 is 0 Å². The number of benzene rings is 8.